The molecule has 0 aliphatic heterocycles. The predicted molar refractivity (Wildman–Crippen MR) is 61.3 cm³/mol. The molecule has 2 nitrogen and oxygen atoms in total. The summed E-state index contributed by atoms with van der Waals surface area (Å²) in [6, 6.07) is 0. The number of terminal acetylenes is 1. The number of hydrogen-bond donors (Lipinski definition) is 1. The molecule has 0 fully saturated rings. The van der Waals surface area contributed by atoms with E-state index in [0.717, 1.165) is 28.7 Å². The van der Waals surface area contributed by atoms with Crippen LogP contribution in [0.15, 0.2) is 0 Å². The second-order valence-corrected chi connectivity index (χ2v) is 4.97. The third-order valence-electron chi connectivity index (χ3n) is 1.81. The lowest BCUT2D eigenvalue weighted by molar-refractivity contribution is 0.551. The Balaban J connectivity index is 2.48. The molecular weight excluding hydrogens is 192 g/mol. The average Bonchev–Trinajstić information content (AvgIpc) is 2.45. The van der Waals surface area contributed by atoms with Gasteiger partial charge in [0.25, 0.3) is 0 Å². The zero-order valence-corrected chi connectivity index (χ0v) is 9.74. The van der Waals surface area contributed by atoms with Gasteiger partial charge in [-0.2, -0.15) is 0 Å². The van der Waals surface area contributed by atoms with Gasteiger partial charge in [-0.15, -0.1) is 17.8 Å². The van der Waals surface area contributed by atoms with Crippen LogP contribution in [0.25, 0.3) is 0 Å². The standard InChI is InChI=1S/C11H16N2S/c1-5-10-9(4)14-11(13-10)7-12-6-8(2)3/h1,8,12H,6-7H2,2-4H3. The molecule has 0 spiro atoms. The quantitative estimate of drug-likeness (QED) is 0.767. The summed E-state index contributed by atoms with van der Waals surface area (Å²) in [7, 11) is 0. The lowest BCUT2D eigenvalue weighted by Crippen LogP contribution is -2.18. The van der Waals surface area contributed by atoms with Gasteiger partial charge in [-0.05, 0) is 25.3 Å². The van der Waals surface area contributed by atoms with Gasteiger partial charge in [0, 0.05) is 11.4 Å². The van der Waals surface area contributed by atoms with Gasteiger partial charge in [0.1, 0.15) is 10.7 Å². The van der Waals surface area contributed by atoms with Crippen molar-refractivity contribution in [3.8, 4) is 12.3 Å². The molecule has 0 unspecified atom stereocenters. The van der Waals surface area contributed by atoms with Crippen LogP contribution >= 0.6 is 11.3 Å². The van der Waals surface area contributed by atoms with E-state index in [4.69, 9.17) is 6.42 Å². The van der Waals surface area contributed by atoms with Gasteiger partial charge in [0.2, 0.25) is 0 Å². The first kappa shape index (κ1) is 11.2. The summed E-state index contributed by atoms with van der Waals surface area (Å²) in [6.07, 6.45) is 5.31. The number of hydrogen-bond acceptors (Lipinski definition) is 3. The highest BCUT2D eigenvalue weighted by Crippen LogP contribution is 2.16. The van der Waals surface area contributed by atoms with Gasteiger partial charge in [-0.25, -0.2) is 4.98 Å². The van der Waals surface area contributed by atoms with Crippen LogP contribution in [0.5, 0.6) is 0 Å². The normalized spacial score (nSPS) is 10.5. The number of nitrogens with one attached hydrogen (secondary N) is 1. The minimum atomic E-state index is 0.670. The Hall–Kier alpha value is -0.850. The number of thiazole rings is 1. The van der Waals surface area contributed by atoms with E-state index < -0.39 is 0 Å². The van der Waals surface area contributed by atoms with Gasteiger partial charge < -0.3 is 5.32 Å². The van der Waals surface area contributed by atoms with Crippen LogP contribution < -0.4 is 5.32 Å². The number of nitrogens with zero attached hydrogens (tertiary/aromatic N) is 1. The Morgan fingerprint density at radius 1 is 1.57 bits per heavy atom. The van der Waals surface area contributed by atoms with E-state index in [1.165, 1.54) is 0 Å². The molecule has 76 valence electrons. The van der Waals surface area contributed by atoms with Crippen molar-refractivity contribution in [1.29, 1.82) is 0 Å². The second kappa shape index (κ2) is 5.14. The molecule has 0 saturated carbocycles. The smallest absolute Gasteiger partial charge is 0.127 e. The highest BCUT2D eigenvalue weighted by atomic mass is 32.1. The van der Waals surface area contributed by atoms with Crippen molar-refractivity contribution >= 4 is 11.3 Å². The summed E-state index contributed by atoms with van der Waals surface area (Å²) < 4.78 is 0. The van der Waals surface area contributed by atoms with Crippen LogP contribution in [0.3, 0.4) is 0 Å². The van der Waals surface area contributed by atoms with E-state index in [9.17, 15) is 0 Å². The largest absolute Gasteiger partial charge is 0.310 e. The van der Waals surface area contributed by atoms with Crippen molar-refractivity contribution in [3.63, 3.8) is 0 Å². The first-order valence-electron chi connectivity index (χ1n) is 4.77. The zero-order chi connectivity index (χ0) is 10.6. The van der Waals surface area contributed by atoms with Crippen LogP contribution in [-0.4, -0.2) is 11.5 Å². The molecule has 1 rings (SSSR count). The van der Waals surface area contributed by atoms with Gasteiger partial charge in [0.15, 0.2) is 0 Å². The molecule has 0 radical (unpaired) electrons. The molecule has 0 saturated heterocycles. The molecule has 1 aromatic rings. The summed E-state index contributed by atoms with van der Waals surface area (Å²) in [4.78, 5) is 5.48. The Morgan fingerprint density at radius 2 is 2.29 bits per heavy atom. The van der Waals surface area contributed by atoms with Crippen LogP contribution in [0, 0.1) is 25.2 Å². The molecule has 14 heavy (non-hydrogen) atoms. The van der Waals surface area contributed by atoms with E-state index in [1.807, 2.05) is 6.92 Å². The zero-order valence-electron chi connectivity index (χ0n) is 8.92. The summed E-state index contributed by atoms with van der Waals surface area (Å²) in [5.74, 6) is 3.26. The van der Waals surface area contributed by atoms with E-state index in [1.54, 1.807) is 11.3 Å². The topological polar surface area (TPSA) is 24.9 Å². The first-order chi connectivity index (χ1) is 6.63. The molecule has 0 atom stereocenters. The number of aromatic nitrogens is 1. The fourth-order valence-electron chi connectivity index (χ4n) is 1.13. The van der Waals surface area contributed by atoms with Crippen LogP contribution in [0.4, 0.5) is 0 Å². The maximum Gasteiger partial charge on any atom is 0.127 e. The SMILES string of the molecule is C#Cc1nc(CNCC(C)C)sc1C. The van der Waals surface area contributed by atoms with Crippen LogP contribution in [0.1, 0.15) is 29.4 Å². The van der Waals surface area contributed by atoms with Gasteiger partial charge in [-0.3, -0.25) is 0 Å². The van der Waals surface area contributed by atoms with E-state index in [0.29, 0.717) is 5.92 Å². The van der Waals surface area contributed by atoms with Gasteiger partial charge >= 0.3 is 0 Å². The van der Waals surface area contributed by atoms with Gasteiger partial charge in [-0.1, -0.05) is 13.8 Å². The van der Waals surface area contributed by atoms with Crippen LogP contribution in [0.2, 0.25) is 0 Å². The second-order valence-electron chi connectivity index (χ2n) is 3.68. The van der Waals surface area contributed by atoms with Crippen molar-refractivity contribution < 1.29 is 0 Å². The molecule has 3 heteroatoms. The van der Waals surface area contributed by atoms with E-state index in [2.05, 4.69) is 30.1 Å². The van der Waals surface area contributed by atoms with E-state index >= 15 is 0 Å². The maximum absolute atomic E-state index is 5.31. The minimum Gasteiger partial charge on any atom is -0.310 e. The lowest BCUT2D eigenvalue weighted by atomic mass is 10.2. The maximum atomic E-state index is 5.31. The van der Waals surface area contributed by atoms with Crippen molar-refractivity contribution in [2.45, 2.75) is 27.3 Å². The molecule has 1 heterocycles. The molecule has 0 bridgehead atoms. The third-order valence-corrected chi connectivity index (χ3v) is 2.78. The molecule has 0 amide bonds. The molecule has 0 aromatic carbocycles. The number of aryl methyl sites for hydroxylation is 1. The summed E-state index contributed by atoms with van der Waals surface area (Å²) >= 11 is 1.67. The molecular formula is C11H16N2S. The Labute approximate surface area is 89.8 Å². The lowest BCUT2D eigenvalue weighted by Gasteiger charge is -2.04. The average molecular weight is 208 g/mol. The highest BCUT2D eigenvalue weighted by molar-refractivity contribution is 7.11. The van der Waals surface area contributed by atoms with Crippen molar-refractivity contribution in [3.05, 3.63) is 15.6 Å². The fraction of sp³-hybridized carbons (Fsp3) is 0.545. The van der Waals surface area contributed by atoms with Crippen molar-refractivity contribution in [1.82, 2.24) is 10.3 Å². The first-order valence-corrected chi connectivity index (χ1v) is 5.58. The highest BCUT2D eigenvalue weighted by Gasteiger charge is 2.04. The Kier molecular flexibility index (Phi) is 4.12. The minimum absolute atomic E-state index is 0.670. The molecule has 0 aliphatic rings. The van der Waals surface area contributed by atoms with E-state index in [-0.39, 0.29) is 0 Å². The summed E-state index contributed by atoms with van der Waals surface area (Å²) in [5.41, 5.74) is 0.788. The summed E-state index contributed by atoms with van der Waals surface area (Å²) in [5, 5.41) is 4.42. The molecule has 0 aliphatic carbocycles. The monoisotopic (exact) mass is 208 g/mol. The summed E-state index contributed by atoms with van der Waals surface area (Å²) in [6.45, 7) is 8.23. The molecule has 1 aromatic heterocycles. The van der Waals surface area contributed by atoms with Crippen molar-refractivity contribution in [2.24, 2.45) is 5.92 Å². The fourth-order valence-corrected chi connectivity index (χ4v) is 1.99. The predicted octanol–water partition coefficient (Wildman–Crippen LogP) is 2.18. The molecule has 1 N–H and O–H groups in total. The number of rotatable bonds is 4. The third kappa shape index (κ3) is 3.13. The van der Waals surface area contributed by atoms with Crippen molar-refractivity contribution in [2.75, 3.05) is 6.54 Å². The van der Waals surface area contributed by atoms with Crippen LogP contribution in [-0.2, 0) is 6.54 Å². The Bertz CT molecular complexity index is 334. The Morgan fingerprint density at radius 3 is 2.79 bits per heavy atom. The van der Waals surface area contributed by atoms with Gasteiger partial charge in [0.05, 0.1) is 0 Å².